The van der Waals surface area contributed by atoms with E-state index in [-0.39, 0.29) is 0 Å². The molecule has 0 amide bonds. The smallest absolute Gasteiger partial charge is 0.113 e. The van der Waals surface area contributed by atoms with Crippen molar-refractivity contribution in [3.05, 3.63) is 47.7 Å². The van der Waals surface area contributed by atoms with Crippen molar-refractivity contribution in [3.8, 4) is 23.4 Å². The lowest BCUT2D eigenvalue weighted by Gasteiger charge is -2.00. The topological polar surface area (TPSA) is 73.4 Å². The first-order valence-corrected chi connectivity index (χ1v) is 4.49. The van der Waals surface area contributed by atoms with Gasteiger partial charge in [-0.1, -0.05) is 0 Å². The van der Waals surface area contributed by atoms with Gasteiger partial charge in [0.2, 0.25) is 0 Å². The van der Waals surface area contributed by atoms with Crippen LogP contribution in [0.1, 0.15) is 11.1 Å². The molecule has 0 atom stereocenters. The van der Waals surface area contributed by atoms with E-state index in [0.717, 1.165) is 0 Å². The molecule has 0 N–H and O–H groups in total. The van der Waals surface area contributed by atoms with Crippen molar-refractivity contribution in [1.29, 1.82) is 10.5 Å². The Balaban J connectivity index is 2.59. The van der Waals surface area contributed by atoms with Gasteiger partial charge in [0.15, 0.2) is 0 Å². The summed E-state index contributed by atoms with van der Waals surface area (Å²) in [6, 6.07) is 12.2. The number of hydrogen-bond acceptors (Lipinski definition) is 4. The second kappa shape index (κ2) is 4.20. The molecule has 4 nitrogen and oxygen atoms in total. The first-order chi connectivity index (χ1) is 7.83. The zero-order chi connectivity index (χ0) is 11.4. The standard InChI is InChI=1S/C12H5N4/c13-7-9-4-10(8-14)6-11(5-9)12-2-1-3-15-16-12/h1-2,4-6H. The number of aromatic nitrogens is 2. The van der Waals surface area contributed by atoms with Crippen LogP contribution in [0.5, 0.6) is 0 Å². The Hall–Kier alpha value is -2.72. The zero-order valence-corrected chi connectivity index (χ0v) is 8.18. The number of benzene rings is 1. The second-order valence-corrected chi connectivity index (χ2v) is 3.07. The van der Waals surface area contributed by atoms with Crippen molar-refractivity contribution in [2.75, 3.05) is 0 Å². The van der Waals surface area contributed by atoms with Crippen molar-refractivity contribution < 1.29 is 0 Å². The van der Waals surface area contributed by atoms with Crippen LogP contribution in [0.3, 0.4) is 0 Å². The maximum atomic E-state index is 8.83. The van der Waals surface area contributed by atoms with Crippen molar-refractivity contribution >= 4 is 0 Å². The molecule has 0 unspecified atom stereocenters. The summed E-state index contributed by atoms with van der Waals surface area (Å²) in [5.74, 6) is 0. The molecule has 0 fully saturated rings. The minimum atomic E-state index is 0.434. The molecule has 73 valence electrons. The molecular formula is C12H5N4. The number of rotatable bonds is 1. The molecule has 0 bridgehead atoms. The van der Waals surface area contributed by atoms with Crippen LogP contribution in [0.2, 0.25) is 0 Å². The lowest BCUT2D eigenvalue weighted by Crippen LogP contribution is -1.88. The lowest BCUT2D eigenvalue weighted by atomic mass is 10.0. The molecule has 16 heavy (non-hydrogen) atoms. The van der Waals surface area contributed by atoms with Gasteiger partial charge in [0.05, 0.1) is 29.0 Å². The Bertz CT molecular complexity index is 558. The molecule has 2 aromatic rings. The van der Waals surface area contributed by atoms with Gasteiger partial charge in [-0.2, -0.15) is 10.5 Å². The van der Waals surface area contributed by atoms with E-state index in [0.29, 0.717) is 22.4 Å². The molecule has 0 aliphatic heterocycles. The fourth-order valence-electron chi connectivity index (χ4n) is 1.32. The van der Waals surface area contributed by atoms with Crippen LogP contribution in [0.25, 0.3) is 11.3 Å². The first-order valence-electron chi connectivity index (χ1n) is 4.49. The summed E-state index contributed by atoms with van der Waals surface area (Å²) in [4.78, 5) is 0. The number of nitrogens with zero attached hydrogens (tertiary/aromatic N) is 4. The average Bonchev–Trinajstić information content (AvgIpc) is 2.39. The second-order valence-electron chi connectivity index (χ2n) is 3.07. The van der Waals surface area contributed by atoms with E-state index in [1.54, 1.807) is 24.3 Å². The fraction of sp³-hybridized carbons (Fsp3) is 0. The van der Waals surface area contributed by atoms with Gasteiger partial charge >= 0.3 is 0 Å². The summed E-state index contributed by atoms with van der Waals surface area (Å²) in [6.07, 6.45) is 2.57. The molecule has 0 spiro atoms. The molecule has 1 aromatic heterocycles. The van der Waals surface area contributed by atoms with Crippen LogP contribution in [-0.2, 0) is 0 Å². The average molecular weight is 205 g/mol. The maximum Gasteiger partial charge on any atom is 0.113 e. The minimum absolute atomic E-state index is 0.434. The van der Waals surface area contributed by atoms with E-state index in [2.05, 4.69) is 16.4 Å². The highest BCUT2D eigenvalue weighted by Gasteiger charge is 2.03. The molecule has 0 saturated carbocycles. The molecule has 1 aromatic carbocycles. The van der Waals surface area contributed by atoms with E-state index in [1.165, 1.54) is 6.07 Å². The quantitative estimate of drug-likeness (QED) is 0.710. The van der Waals surface area contributed by atoms with Gasteiger partial charge in [0, 0.05) is 5.56 Å². The normalized spacial score (nSPS) is 9.12. The van der Waals surface area contributed by atoms with Crippen LogP contribution in [0.4, 0.5) is 0 Å². The Morgan fingerprint density at radius 2 is 1.75 bits per heavy atom. The summed E-state index contributed by atoms with van der Waals surface area (Å²) in [6.45, 7) is 0. The Morgan fingerprint density at radius 3 is 2.25 bits per heavy atom. The number of hydrogen-bond donors (Lipinski definition) is 0. The van der Waals surface area contributed by atoms with Gasteiger partial charge in [-0.25, -0.2) is 0 Å². The van der Waals surface area contributed by atoms with Gasteiger partial charge in [-0.15, -0.1) is 10.2 Å². The first kappa shape index (κ1) is 9.82. The van der Waals surface area contributed by atoms with Crippen LogP contribution in [0.15, 0.2) is 30.3 Å². The van der Waals surface area contributed by atoms with Gasteiger partial charge < -0.3 is 0 Å². The molecular weight excluding hydrogens is 200 g/mol. The molecule has 0 aliphatic carbocycles. The molecule has 2 rings (SSSR count). The highest BCUT2D eigenvalue weighted by Crippen LogP contribution is 2.19. The summed E-state index contributed by atoms with van der Waals surface area (Å²) < 4.78 is 0. The third kappa shape index (κ3) is 1.87. The van der Waals surface area contributed by atoms with Gasteiger partial charge in [0.25, 0.3) is 0 Å². The third-order valence-electron chi connectivity index (χ3n) is 2.02. The largest absolute Gasteiger partial charge is 0.192 e. The highest BCUT2D eigenvalue weighted by atomic mass is 15.1. The predicted molar refractivity (Wildman–Crippen MR) is 55.7 cm³/mol. The van der Waals surface area contributed by atoms with Crippen molar-refractivity contribution in [3.63, 3.8) is 0 Å². The third-order valence-corrected chi connectivity index (χ3v) is 2.02. The highest BCUT2D eigenvalue weighted by molar-refractivity contribution is 5.63. The Morgan fingerprint density at radius 1 is 1.06 bits per heavy atom. The fourth-order valence-corrected chi connectivity index (χ4v) is 1.32. The van der Waals surface area contributed by atoms with Crippen molar-refractivity contribution in [2.45, 2.75) is 0 Å². The monoisotopic (exact) mass is 205 g/mol. The maximum absolute atomic E-state index is 8.83. The molecule has 1 heterocycles. The van der Waals surface area contributed by atoms with Crippen LogP contribution >= 0.6 is 0 Å². The number of nitriles is 2. The van der Waals surface area contributed by atoms with E-state index < -0.39 is 0 Å². The Kier molecular flexibility index (Phi) is 2.58. The summed E-state index contributed by atoms with van der Waals surface area (Å²) in [5, 5.41) is 25.2. The van der Waals surface area contributed by atoms with E-state index in [4.69, 9.17) is 10.5 Å². The summed E-state index contributed by atoms with van der Waals surface area (Å²) >= 11 is 0. The SMILES string of the molecule is N#Cc1cc(C#N)cc(-c2cc[c]nn2)c1. The Labute approximate surface area is 92.4 Å². The molecule has 0 aliphatic rings. The summed E-state index contributed by atoms with van der Waals surface area (Å²) in [5.41, 5.74) is 2.19. The van der Waals surface area contributed by atoms with Crippen LogP contribution in [0, 0.1) is 28.9 Å². The van der Waals surface area contributed by atoms with Gasteiger partial charge in [-0.3, -0.25) is 0 Å². The lowest BCUT2D eigenvalue weighted by molar-refractivity contribution is 1.03. The van der Waals surface area contributed by atoms with E-state index in [1.807, 2.05) is 12.1 Å². The van der Waals surface area contributed by atoms with Crippen LogP contribution in [-0.4, -0.2) is 10.2 Å². The molecule has 0 saturated heterocycles. The predicted octanol–water partition coefficient (Wildman–Crippen LogP) is 1.69. The van der Waals surface area contributed by atoms with Gasteiger partial charge in [0.1, 0.15) is 6.20 Å². The van der Waals surface area contributed by atoms with E-state index >= 15 is 0 Å². The summed E-state index contributed by atoms with van der Waals surface area (Å²) in [7, 11) is 0. The van der Waals surface area contributed by atoms with Crippen molar-refractivity contribution in [2.24, 2.45) is 0 Å². The van der Waals surface area contributed by atoms with Gasteiger partial charge in [-0.05, 0) is 30.3 Å². The minimum Gasteiger partial charge on any atom is -0.192 e. The van der Waals surface area contributed by atoms with Crippen molar-refractivity contribution in [1.82, 2.24) is 10.2 Å². The zero-order valence-electron chi connectivity index (χ0n) is 8.18. The molecule has 4 heteroatoms. The molecule has 1 radical (unpaired) electrons. The van der Waals surface area contributed by atoms with E-state index in [9.17, 15) is 0 Å². The van der Waals surface area contributed by atoms with Crippen LogP contribution < -0.4 is 0 Å².